The molecule has 1 heterocycles. The van der Waals surface area contributed by atoms with Crippen molar-refractivity contribution in [2.45, 2.75) is 31.8 Å². The number of carboxylic acid groups (broad SMARTS) is 1. The van der Waals surface area contributed by atoms with E-state index in [1.54, 1.807) is 32.0 Å². The number of piperazine rings is 1. The fourth-order valence-corrected chi connectivity index (χ4v) is 5.83. The number of likely N-dealkylation sites (N-methyl/N-ethyl adjacent to an activating group) is 2. The summed E-state index contributed by atoms with van der Waals surface area (Å²) >= 11 is 0. The molecule has 0 spiro atoms. The standard InChI is InChI=1S/C24H33N5O4S.C2HF3O2/c1-16-12-17(2)23(18(3)13-16)34(32,33)27-20-14-19(24(31)28(5)15-22(30)25-4)6-7-21(20)29-10-8-26-9-11-29;3-2(4,5)1(6)7/h6-7,12-14,26-27H,8-11,15H2,1-5H3,(H,25,30);(H,6,7). The first-order valence-corrected chi connectivity index (χ1v) is 13.9. The quantitative estimate of drug-likeness (QED) is 0.378. The Morgan fingerprint density at radius 1 is 1.05 bits per heavy atom. The molecule has 1 saturated heterocycles. The Balaban J connectivity index is 0.000000745. The maximum absolute atomic E-state index is 13.5. The second kappa shape index (κ2) is 13.7. The minimum Gasteiger partial charge on any atom is -0.475 e. The first kappa shape index (κ1) is 33.4. The molecule has 1 fully saturated rings. The number of carbonyl (C=O) groups excluding carboxylic acids is 2. The van der Waals surface area contributed by atoms with E-state index in [2.05, 4.69) is 20.3 Å². The second-order valence-electron chi connectivity index (χ2n) is 9.44. The van der Waals surface area contributed by atoms with Crippen molar-refractivity contribution in [2.75, 3.05) is 56.4 Å². The summed E-state index contributed by atoms with van der Waals surface area (Å²) in [6.07, 6.45) is -5.08. The molecule has 4 N–H and O–H groups in total. The molecule has 2 aromatic rings. The molecule has 226 valence electrons. The maximum Gasteiger partial charge on any atom is 0.490 e. The van der Waals surface area contributed by atoms with Gasteiger partial charge in [0.15, 0.2) is 0 Å². The molecule has 0 radical (unpaired) electrons. The highest BCUT2D eigenvalue weighted by molar-refractivity contribution is 7.92. The van der Waals surface area contributed by atoms with E-state index < -0.39 is 22.2 Å². The van der Waals surface area contributed by atoms with Gasteiger partial charge < -0.3 is 25.5 Å². The number of anilines is 2. The molecule has 2 amide bonds. The molecule has 0 saturated carbocycles. The van der Waals surface area contributed by atoms with Crippen LogP contribution < -0.4 is 20.3 Å². The molecule has 2 aromatic carbocycles. The van der Waals surface area contributed by atoms with Gasteiger partial charge in [-0.2, -0.15) is 13.2 Å². The highest BCUT2D eigenvalue weighted by atomic mass is 32.2. The van der Waals surface area contributed by atoms with Gasteiger partial charge in [0.05, 0.1) is 22.8 Å². The number of sulfonamides is 1. The first-order chi connectivity index (χ1) is 19.0. The number of benzene rings is 2. The van der Waals surface area contributed by atoms with Crippen LogP contribution in [0, 0.1) is 20.8 Å². The van der Waals surface area contributed by atoms with Crippen molar-refractivity contribution in [1.82, 2.24) is 15.5 Å². The summed E-state index contributed by atoms with van der Waals surface area (Å²) in [5.41, 5.74) is 3.64. The topological polar surface area (TPSA) is 148 Å². The molecular weight excluding hydrogens is 567 g/mol. The molecule has 0 aliphatic carbocycles. The van der Waals surface area contributed by atoms with E-state index in [4.69, 9.17) is 9.90 Å². The zero-order valence-corrected chi connectivity index (χ0v) is 24.2. The van der Waals surface area contributed by atoms with Crippen LogP contribution in [0.1, 0.15) is 27.0 Å². The Kier molecular flexibility index (Phi) is 11.1. The lowest BCUT2D eigenvalue weighted by Crippen LogP contribution is -2.44. The van der Waals surface area contributed by atoms with E-state index in [0.717, 1.165) is 18.7 Å². The average molecular weight is 602 g/mol. The molecule has 11 nitrogen and oxygen atoms in total. The Morgan fingerprint density at radius 2 is 1.59 bits per heavy atom. The fourth-order valence-electron chi connectivity index (χ4n) is 4.31. The van der Waals surface area contributed by atoms with Crippen molar-refractivity contribution < 1.29 is 41.1 Å². The number of nitrogens with zero attached hydrogens (tertiary/aromatic N) is 2. The molecule has 0 aromatic heterocycles. The number of carbonyl (C=O) groups is 3. The lowest BCUT2D eigenvalue weighted by Gasteiger charge is -2.31. The van der Waals surface area contributed by atoms with Crippen LogP contribution in [0.2, 0.25) is 0 Å². The summed E-state index contributed by atoms with van der Waals surface area (Å²) in [5, 5.41) is 12.9. The number of aliphatic carboxylic acids is 1. The Bertz CT molecular complexity index is 1370. The van der Waals surface area contributed by atoms with E-state index in [9.17, 15) is 31.2 Å². The minimum atomic E-state index is -5.08. The van der Waals surface area contributed by atoms with Crippen LogP contribution in [0.25, 0.3) is 0 Å². The van der Waals surface area contributed by atoms with Gasteiger partial charge >= 0.3 is 12.1 Å². The summed E-state index contributed by atoms with van der Waals surface area (Å²) in [4.78, 5) is 37.2. The zero-order valence-electron chi connectivity index (χ0n) is 23.3. The van der Waals surface area contributed by atoms with Crippen molar-refractivity contribution in [3.8, 4) is 0 Å². The van der Waals surface area contributed by atoms with Crippen molar-refractivity contribution in [3.05, 3.63) is 52.6 Å². The van der Waals surface area contributed by atoms with Crippen LogP contribution in [0.5, 0.6) is 0 Å². The predicted octanol–water partition coefficient (Wildman–Crippen LogP) is 2.27. The van der Waals surface area contributed by atoms with Gasteiger partial charge in [0.25, 0.3) is 15.9 Å². The Labute approximate surface area is 236 Å². The van der Waals surface area contributed by atoms with Crippen molar-refractivity contribution >= 4 is 39.2 Å². The number of aryl methyl sites for hydroxylation is 3. The molecule has 3 rings (SSSR count). The highest BCUT2D eigenvalue weighted by Crippen LogP contribution is 2.32. The number of hydrogen-bond donors (Lipinski definition) is 4. The van der Waals surface area contributed by atoms with Crippen LogP contribution in [0.3, 0.4) is 0 Å². The molecule has 1 aliphatic rings. The third-order valence-electron chi connectivity index (χ3n) is 6.07. The maximum atomic E-state index is 13.5. The summed E-state index contributed by atoms with van der Waals surface area (Å²) in [6, 6.07) is 8.66. The van der Waals surface area contributed by atoms with Gasteiger partial charge in [-0.1, -0.05) is 17.7 Å². The van der Waals surface area contributed by atoms with E-state index in [1.807, 2.05) is 19.1 Å². The Morgan fingerprint density at radius 3 is 2.07 bits per heavy atom. The first-order valence-electron chi connectivity index (χ1n) is 12.4. The number of halogens is 3. The molecular formula is C26H34F3N5O6S. The average Bonchev–Trinajstić information content (AvgIpc) is 2.87. The second-order valence-corrected chi connectivity index (χ2v) is 11.1. The normalized spacial score (nSPS) is 13.5. The molecule has 0 atom stereocenters. The monoisotopic (exact) mass is 601 g/mol. The summed E-state index contributed by atoms with van der Waals surface area (Å²) in [7, 11) is -0.882. The molecule has 0 unspecified atom stereocenters. The third kappa shape index (κ3) is 9.08. The van der Waals surface area contributed by atoms with Gasteiger partial charge in [-0.05, 0) is 50.1 Å². The highest BCUT2D eigenvalue weighted by Gasteiger charge is 2.38. The molecule has 41 heavy (non-hydrogen) atoms. The van der Waals surface area contributed by atoms with E-state index >= 15 is 0 Å². The molecule has 0 bridgehead atoms. The number of rotatable bonds is 7. The van der Waals surface area contributed by atoms with Crippen LogP contribution in [0.4, 0.5) is 24.5 Å². The number of carboxylic acids is 1. The Hall–Kier alpha value is -3.85. The molecule has 1 aliphatic heterocycles. The van der Waals surface area contributed by atoms with Crippen LogP contribution >= 0.6 is 0 Å². The summed E-state index contributed by atoms with van der Waals surface area (Å²) < 4.78 is 61.5. The number of hydrogen-bond acceptors (Lipinski definition) is 7. The van der Waals surface area contributed by atoms with Crippen LogP contribution in [0.15, 0.2) is 35.2 Å². The van der Waals surface area contributed by atoms with Crippen molar-refractivity contribution in [1.29, 1.82) is 0 Å². The van der Waals surface area contributed by atoms with E-state index in [1.165, 1.54) is 19.0 Å². The van der Waals surface area contributed by atoms with Crippen LogP contribution in [-0.4, -0.2) is 89.2 Å². The number of nitrogens with one attached hydrogen (secondary N) is 3. The summed E-state index contributed by atoms with van der Waals surface area (Å²) in [5.74, 6) is -3.43. The lowest BCUT2D eigenvalue weighted by atomic mass is 10.1. The smallest absolute Gasteiger partial charge is 0.475 e. The van der Waals surface area contributed by atoms with Crippen molar-refractivity contribution in [2.24, 2.45) is 0 Å². The van der Waals surface area contributed by atoms with Gasteiger partial charge in [-0.15, -0.1) is 0 Å². The minimum absolute atomic E-state index is 0.0995. The zero-order chi connectivity index (χ0) is 31.1. The largest absolute Gasteiger partial charge is 0.490 e. The van der Waals surface area contributed by atoms with Crippen molar-refractivity contribution in [3.63, 3.8) is 0 Å². The number of alkyl halides is 3. The van der Waals surface area contributed by atoms with Gasteiger partial charge in [0.2, 0.25) is 5.91 Å². The third-order valence-corrected chi connectivity index (χ3v) is 7.74. The summed E-state index contributed by atoms with van der Waals surface area (Å²) in [6.45, 7) is 8.35. The van der Waals surface area contributed by atoms with Crippen LogP contribution in [-0.2, 0) is 19.6 Å². The SMILES string of the molecule is CNC(=O)CN(C)C(=O)c1ccc(N2CCNCC2)c(NS(=O)(=O)c2c(C)cc(C)cc2C)c1.O=C(O)C(F)(F)F. The number of amides is 2. The molecule has 15 heteroatoms. The van der Waals surface area contributed by atoms with Gasteiger partial charge in [0.1, 0.15) is 0 Å². The van der Waals surface area contributed by atoms with Gasteiger partial charge in [0, 0.05) is 45.8 Å². The van der Waals surface area contributed by atoms with E-state index in [-0.39, 0.29) is 23.3 Å². The predicted molar refractivity (Wildman–Crippen MR) is 148 cm³/mol. The van der Waals surface area contributed by atoms with Gasteiger partial charge in [-0.3, -0.25) is 14.3 Å². The fraction of sp³-hybridized carbons (Fsp3) is 0.423. The van der Waals surface area contributed by atoms with Gasteiger partial charge in [-0.25, -0.2) is 13.2 Å². The van der Waals surface area contributed by atoms with E-state index in [0.29, 0.717) is 41.2 Å². The lowest BCUT2D eigenvalue weighted by molar-refractivity contribution is -0.192.